The van der Waals surface area contributed by atoms with Crippen LogP contribution in [0.3, 0.4) is 0 Å². The number of nitrogens with zero attached hydrogens (tertiary/aromatic N) is 1. The largest absolute Gasteiger partial charge is 0.507 e. The van der Waals surface area contributed by atoms with Crippen LogP contribution >= 0.6 is 24.0 Å². The van der Waals surface area contributed by atoms with E-state index >= 15 is 0 Å². The molecule has 0 atom stereocenters. The van der Waals surface area contributed by atoms with Crippen molar-refractivity contribution in [1.29, 1.82) is 0 Å². The number of rotatable bonds is 4. The fourth-order valence-electron chi connectivity index (χ4n) is 2.26. The van der Waals surface area contributed by atoms with Crippen molar-refractivity contribution in [3.8, 4) is 5.75 Å². The van der Waals surface area contributed by atoms with Gasteiger partial charge in [-0.05, 0) is 48.1 Å². The quantitative estimate of drug-likeness (QED) is 0.535. The number of carbonyl (C=O) groups is 3. The van der Waals surface area contributed by atoms with Gasteiger partial charge in [0, 0.05) is 0 Å². The summed E-state index contributed by atoms with van der Waals surface area (Å²) >= 11 is 6.14. The summed E-state index contributed by atoms with van der Waals surface area (Å²) in [6.07, 6.45) is 1.55. The van der Waals surface area contributed by atoms with Crippen LogP contribution in [0, 0.1) is 0 Å². The summed E-state index contributed by atoms with van der Waals surface area (Å²) in [4.78, 5) is 36.0. The number of benzene rings is 2. The van der Waals surface area contributed by atoms with Crippen LogP contribution in [0.15, 0.2) is 53.4 Å². The number of hydrazine groups is 1. The SMILES string of the molecule is O=C(O)c1ccc(/C=C2\SC(=S)N(NC(=O)c3ccccc3O)C2=O)cc1. The number of carbonyl (C=O) groups excluding carboxylic acids is 2. The van der Waals surface area contributed by atoms with Crippen LogP contribution < -0.4 is 5.43 Å². The summed E-state index contributed by atoms with van der Waals surface area (Å²) < 4.78 is 0.136. The first kappa shape index (κ1) is 18.6. The van der Waals surface area contributed by atoms with Gasteiger partial charge in [0.05, 0.1) is 16.0 Å². The van der Waals surface area contributed by atoms with Crippen LogP contribution in [0.1, 0.15) is 26.3 Å². The normalized spacial score (nSPS) is 15.3. The number of hydrogen-bond acceptors (Lipinski definition) is 6. The van der Waals surface area contributed by atoms with Crippen molar-refractivity contribution in [1.82, 2.24) is 10.4 Å². The number of carboxylic acids is 1. The Hall–Kier alpha value is -3.17. The molecule has 3 N–H and O–H groups in total. The Kier molecular flexibility index (Phi) is 5.24. The van der Waals surface area contributed by atoms with Gasteiger partial charge in [-0.25, -0.2) is 4.79 Å². The number of phenols is 1. The third-order valence-electron chi connectivity index (χ3n) is 3.61. The summed E-state index contributed by atoms with van der Waals surface area (Å²) in [5, 5.41) is 19.6. The number of phenolic OH excluding ortho intramolecular Hbond substituents is 1. The van der Waals surface area contributed by atoms with Crippen molar-refractivity contribution in [2.45, 2.75) is 0 Å². The number of carboxylic acid groups (broad SMARTS) is 1. The zero-order valence-electron chi connectivity index (χ0n) is 13.6. The summed E-state index contributed by atoms with van der Waals surface area (Å²) in [6, 6.07) is 11.9. The van der Waals surface area contributed by atoms with Crippen molar-refractivity contribution in [2.75, 3.05) is 0 Å². The Morgan fingerprint density at radius 2 is 1.78 bits per heavy atom. The molecule has 9 heteroatoms. The minimum atomic E-state index is -1.04. The van der Waals surface area contributed by atoms with E-state index < -0.39 is 17.8 Å². The van der Waals surface area contributed by atoms with Gasteiger partial charge in [-0.2, -0.15) is 5.01 Å². The number of nitrogens with one attached hydrogen (secondary N) is 1. The number of thiocarbonyl (C=S) groups is 1. The molecule has 0 saturated carbocycles. The molecule has 3 rings (SSSR count). The van der Waals surface area contributed by atoms with Gasteiger partial charge >= 0.3 is 5.97 Å². The highest BCUT2D eigenvalue weighted by Crippen LogP contribution is 2.31. The molecule has 0 aliphatic carbocycles. The smallest absolute Gasteiger partial charge is 0.335 e. The zero-order chi connectivity index (χ0) is 19.6. The van der Waals surface area contributed by atoms with Gasteiger partial charge in [0.25, 0.3) is 11.8 Å². The van der Waals surface area contributed by atoms with Crippen LogP contribution in [0.4, 0.5) is 0 Å². The van der Waals surface area contributed by atoms with Crippen LogP contribution in [-0.4, -0.2) is 37.3 Å². The molecular weight excluding hydrogens is 388 g/mol. The fraction of sp³-hybridized carbons (Fsp3) is 0. The van der Waals surface area contributed by atoms with E-state index in [-0.39, 0.29) is 26.1 Å². The van der Waals surface area contributed by atoms with Crippen LogP contribution in [0.25, 0.3) is 6.08 Å². The predicted molar refractivity (Wildman–Crippen MR) is 104 cm³/mol. The molecule has 0 aromatic heterocycles. The van der Waals surface area contributed by atoms with Gasteiger partial charge < -0.3 is 10.2 Å². The Bertz CT molecular complexity index is 986. The lowest BCUT2D eigenvalue weighted by Gasteiger charge is -2.16. The average molecular weight is 400 g/mol. The number of aromatic hydroxyl groups is 1. The molecule has 2 aromatic carbocycles. The molecule has 1 saturated heterocycles. The lowest BCUT2D eigenvalue weighted by Crippen LogP contribution is -2.44. The Morgan fingerprint density at radius 3 is 2.41 bits per heavy atom. The van der Waals surface area contributed by atoms with E-state index in [1.165, 1.54) is 24.3 Å². The summed E-state index contributed by atoms with van der Waals surface area (Å²) in [7, 11) is 0. The van der Waals surface area contributed by atoms with E-state index in [0.717, 1.165) is 16.8 Å². The molecule has 136 valence electrons. The van der Waals surface area contributed by atoms with Gasteiger partial charge in [0.15, 0.2) is 4.32 Å². The Labute approximate surface area is 163 Å². The molecule has 1 fully saturated rings. The number of hydrogen-bond donors (Lipinski definition) is 3. The molecular formula is C18H12N2O5S2. The maximum Gasteiger partial charge on any atom is 0.335 e. The highest BCUT2D eigenvalue weighted by atomic mass is 32.2. The maximum absolute atomic E-state index is 12.5. The number of para-hydroxylation sites is 1. The van der Waals surface area contributed by atoms with Crippen molar-refractivity contribution >= 4 is 52.2 Å². The van der Waals surface area contributed by atoms with Gasteiger partial charge in [-0.3, -0.25) is 15.0 Å². The maximum atomic E-state index is 12.5. The first-order chi connectivity index (χ1) is 12.9. The topological polar surface area (TPSA) is 107 Å². The highest BCUT2D eigenvalue weighted by Gasteiger charge is 2.34. The summed E-state index contributed by atoms with van der Waals surface area (Å²) in [5.74, 6) is -2.44. The number of aromatic carboxylic acids is 1. The van der Waals surface area contributed by atoms with Crippen molar-refractivity contribution in [2.24, 2.45) is 0 Å². The van der Waals surface area contributed by atoms with Crippen molar-refractivity contribution < 1.29 is 24.6 Å². The van der Waals surface area contributed by atoms with Crippen molar-refractivity contribution in [3.63, 3.8) is 0 Å². The lowest BCUT2D eigenvalue weighted by molar-refractivity contribution is -0.123. The molecule has 7 nitrogen and oxygen atoms in total. The van der Waals surface area contributed by atoms with Gasteiger partial charge in [-0.15, -0.1) is 0 Å². The van der Waals surface area contributed by atoms with Gasteiger partial charge in [0.2, 0.25) is 0 Å². The monoisotopic (exact) mass is 400 g/mol. The van der Waals surface area contributed by atoms with E-state index in [2.05, 4.69) is 5.43 Å². The molecule has 27 heavy (non-hydrogen) atoms. The van der Waals surface area contributed by atoms with E-state index in [9.17, 15) is 19.5 Å². The number of amides is 2. The molecule has 2 amide bonds. The molecule has 0 unspecified atom stereocenters. The van der Waals surface area contributed by atoms with Crippen LogP contribution in [0.2, 0.25) is 0 Å². The van der Waals surface area contributed by atoms with E-state index in [1.807, 2.05) is 0 Å². The van der Waals surface area contributed by atoms with E-state index in [0.29, 0.717) is 5.56 Å². The fourth-order valence-corrected chi connectivity index (χ4v) is 3.44. The Morgan fingerprint density at radius 1 is 1.11 bits per heavy atom. The third kappa shape index (κ3) is 3.99. The van der Waals surface area contributed by atoms with Gasteiger partial charge in [0.1, 0.15) is 5.75 Å². The first-order valence-corrected chi connectivity index (χ1v) is 8.79. The molecule has 0 spiro atoms. The second kappa shape index (κ2) is 7.60. The first-order valence-electron chi connectivity index (χ1n) is 7.57. The summed E-state index contributed by atoms with van der Waals surface area (Å²) in [5.41, 5.74) is 3.15. The Balaban J connectivity index is 1.77. The molecule has 1 heterocycles. The van der Waals surface area contributed by atoms with E-state index in [4.69, 9.17) is 17.3 Å². The molecule has 0 bridgehead atoms. The molecule has 0 radical (unpaired) electrons. The average Bonchev–Trinajstić information content (AvgIpc) is 2.90. The molecule has 2 aromatic rings. The van der Waals surface area contributed by atoms with Crippen molar-refractivity contribution in [3.05, 3.63) is 70.1 Å². The van der Waals surface area contributed by atoms with Gasteiger partial charge in [-0.1, -0.05) is 36.0 Å². The van der Waals surface area contributed by atoms with E-state index in [1.54, 1.807) is 30.3 Å². The zero-order valence-corrected chi connectivity index (χ0v) is 15.2. The lowest BCUT2D eigenvalue weighted by atomic mass is 10.1. The minimum absolute atomic E-state index is 0.0137. The minimum Gasteiger partial charge on any atom is -0.507 e. The highest BCUT2D eigenvalue weighted by molar-refractivity contribution is 8.26. The predicted octanol–water partition coefficient (Wildman–Crippen LogP) is 2.64. The number of thioether (sulfide) groups is 1. The van der Waals surface area contributed by atoms with Crippen LogP contribution in [-0.2, 0) is 4.79 Å². The summed E-state index contributed by atoms with van der Waals surface area (Å²) in [6.45, 7) is 0. The second-order valence-corrected chi connectivity index (χ2v) is 7.08. The second-order valence-electron chi connectivity index (χ2n) is 5.40. The standard InChI is InChI=1S/C18H12N2O5S2/c21-13-4-2-1-3-12(13)15(22)19-20-16(23)14(27-18(20)26)9-10-5-7-11(8-6-10)17(24)25/h1-9,21H,(H,19,22)(H,24,25)/b14-9-. The third-order valence-corrected chi connectivity index (χ3v) is 4.91. The molecule has 1 aliphatic heterocycles. The molecule has 1 aliphatic rings. The van der Waals surface area contributed by atoms with Crippen LogP contribution in [0.5, 0.6) is 5.75 Å².